The van der Waals surface area contributed by atoms with Crippen LogP contribution in [-0.2, 0) is 6.54 Å². The Kier molecular flexibility index (Phi) is 4.42. The van der Waals surface area contributed by atoms with E-state index in [-0.39, 0.29) is 12.4 Å². The van der Waals surface area contributed by atoms with Crippen molar-refractivity contribution in [1.29, 1.82) is 0 Å². The van der Waals surface area contributed by atoms with Gasteiger partial charge in [0.05, 0.1) is 11.2 Å². The Morgan fingerprint density at radius 2 is 2.18 bits per heavy atom. The first-order valence-electron chi connectivity index (χ1n) is 7.26. The first-order chi connectivity index (χ1) is 10.5. The summed E-state index contributed by atoms with van der Waals surface area (Å²) in [6, 6.07) is 5.86. The predicted octanol–water partition coefficient (Wildman–Crippen LogP) is 2.61. The van der Waals surface area contributed by atoms with E-state index in [1.165, 1.54) is 17.0 Å². The zero-order chi connectivity index (χ0) is 15.6. The van der Waals surface area contributed by atoms with Crippen molar-refractivity contribution in [3.63, 3.8) is 0 Å². The van der Waals surface area contributed by atoms with E-state index in [1.807, 2.05) is 12.4 Å². The quantitative estimate of drug-likeness (QED) is 0.919. The van der Waals surface area contributed by atoms with Gasteiger partial charge in [-0.1, -0.05) is 0 Å². The van der Waals surface area contributed by atoms with Gasteiger partial charge in [-0.15, -0.1) is 11.3 Å². The third-order valence-corrected chi connectivity index (χ3v) is 4.86. The summed E-state index contributed by atoms with van der Waals surface area (Å²) in [5.74, 6) is 0.282. The van der Waals surface area contributed by atoms with Gasteiger partial charge >= 0.3 is 0 Å². The molecule has 0 aliphatic carbocycles. The van der Waals surface area contributed by atoms with E-state index in [0.29, 0.717) is 18.7 Å². The van der Waals surface area contributed by atoms with Crippen molar-refractivity contribution in [2.24, 2.45) is 0 Å². The zero-order valence-electron chi connectivity index (χ0n) is 12.5. The van der Waals surface area contributed by atoms with Crippen LogP contribution in [0.2, 0.25) is 0 Å². The molecule has 4 nitrogen and oxygen atoms in total. The summed E-state index contributed by atoms with van der Waals surface area (Å²) >= 11 is 1.65. The molecule has 1 fully saturated rings. The minimum Gasteiger partial charge on any atom is -0.491 e. The highest BCUT2D eigenvalue weighted by Crippen LogP contribution is 2.26. The van der Waals surface area contributed by atoms with Crippen molar-refractivity contribution >= 4 is 11.3 Å². The van der Waals surface area contributed by atoms with E-state index in [1.54, 1.807) is 23.5 Å². The van der Waals surface area contributed by atoms with Crippen LogP contribution in [0.15, 0.2) is 29.8 Å². The third-order valence-electron chi connectivity index (χ3n) is 3.94. The summed E-state index contributed by atoms with van der Waals surface area (Å²) in [6.45, 7) is 4.45. The second-order valence-corrected chi connectivity index (χ2v) is 6.73. The molecule has 1 atom stereocenters. The molecule has 3 rings (SSSR count). The maximum absolute atomic E-state index is 12.9. The lowest BCUT2D eigenvalue weighted by atomic mass is 10.1. The van der Waals surface area contributed by atoms with Gasteiger partial charge in [-0.25, -0.2) is 9.37 Å². The van der Waals surface area contributed by atoms with Gasteiger partial charge in [-0.2, -0.15) is 0 Å². The molecule has 1 aliphatic rings. The summed E-state index contributed by atoms with van der Waals surface area (Å²) in [5, 5.41) is 10.6. The number of benzene rings is 1. The average Bonchev–Trinajstić information content (AvgIpc) is 3.06. The van der Waals surface area contributed by atoms with Crippen molar-refractivity contribution in [3.05, 3.63) is 46.2 Å². The smallest absolute Gasteiger partial charge is 0.123 e. The number of halogens is 1. The average molecular weight is 322 g/mol. The molecule has 2 heterocycles. The summed E-state index contributed by atoms with van der Waals surface area (Å²) < 4.78 is 18.5. The fourth-order valence-corrected chi connectivity index (χ4v) is 3.44. The van der Waals surface area contributed by atoms with Gasteiger partial charge in [0.1, 0.15) is 23.8 Å². The highest BCUT2D eigenvalue weighted by Gasteiger charge is 2.37. The normalized spacial score (nSPS) is 22.1. The SMILES string of the molecule is Cc1ncsc1CN1CCC(O)(COc2ccc(F)cc2)C1. The van der Waals surface area contributed by atoms with E-state index >= 15 is 0 Å². The zero-order valence-corrected chi connectivity index (χ0v) is 13.3. The fraction of sp³-hybridized carbons (Fsp3) is 0.438. The predicted molar refractivity (Wildman–Crippen MR) is 83.6 cm³/mol. The Morgan fingerprint density at radius 1 is 1.41 bits per heavy atom. The Bertz CT molecular complexity index is 631. The summed E-state index contributed by atoms with van der Waals surface area (Å²) in [6.07, 6.45) is 0.673. The van der Waals surface area contributed by atoms with Crippen molar-refractivity contribution in [2.45, 2.75) is 25.5 Å². The van der Waals surface area contributed by atoms with E-state index in [4.69, 9.17) is 4.74 Å². The molecule has 118 valence electrons. The largest absolute Gasteiger partial charge is 0.491 e. The second-order valence-electron chi connectivity index (χ2n) is 5.79. The van der Waals surface area contributed by atoms with Crippen molar-refractivity contribution in [2.75, 3.05) is 19.7 Å². The molecule has 0 bridgehead atoms. The number of aryl methyl sites for hydroxylation is 1. The molecule has 1 N–H and O–H groups in total. The monoisotopic (exact) mass is 322 g/mol. The highest BCUT2D eigenvalue weighted by atomic mass is 32.1. The Morgan fingerprint density at radius 3 is 2.86 bits per heavy atom. The molecule has 1 aromatic carbocycles. The van der Waals surface area contributed by atoms with Crippen LogP contribution in [0.3, 0.4) is 0 Å². The molecule has 1 saturated heterocycles. The molecule has 0 spiro atoms. The lowest BCUT2D eigenvalue weighted by Crippen LogP contribution is -2.39. The molecule has 1 aromatic heterocycles. The number of nitrogens with zero attached hydrogens (tertiary/aromatic N) is 2. The first-order valence-corrected chi connectivity index (χ1v) is 8.14. The van der Waals surface area contributed by atoms with Gasteiger partial charge in [-0.3, -0.25) is 4.90 Å². The molecule has 6 heteroatoms. The van der Waals surface area contributed by atoms with Gasteiger partial charge in [0, 0.05) is 24.5 Å². The molecule has 22 heavy (non-hydrogen) atoms. The van der Waals surface area contributed by atoms with Crippen LogP contribution in [0.25, 0.3) is 0 Å². The number of hydrogen-bond acceptors (Lipinski definition) is 5. The van der Waals surface area contributed by atoms with E-state index in [2.05, 4.69) is 9.88 Å². The lowest BCUT2D eigenvalue weighted by molar-refractivity contribution is 0.00341. The molecule has 1 aliphatic heterocycles. The second kappa shape index (κ2) is 6.32. The van der Waals surface area contributed by atoms with Gasteiger partial charge in [-0.05, 0) is 37.6 Å². The summed E-state index contributed by atoms with van der Waals surface area (Å²) in [5.41, 5.74) is 2.06. The van der Waals surface area contributed by atoms with E-state index in [9.17, 15) is 9.50 Å². The summed E-state index contributed by atoms with van der Waals surface area (Å²) in [7, 11) is 0. The minimum atomic E-state index is -0.854. The molecule has 0 amide bonds. The van der Waals surface area contributed by atoms with Crippen LogP contribution in [0.4, 0.5) is 4.39 Å². The van der Waals surface area contributed by atoms with E-state index in [0.717, 1.165) is 18.8 Å². The molecular weight excluding hydrogens is 303 g/mol. The number of ether oxygens (including phenoxy) is 1. The van der Waals surface area contributed by atoms with Gasteiger partial charge < -0.3 is 9.84 Å². The van der Waals surface area contributed by atoms with Crippen LogP contribution >= 0.6 is 11.3 Å². The van der Waals surface area contributed by atoms with Gasteiger partial charge in [0.2, 0.25) is 0 Å². The lowest BCUT2D eigenvalue weighted by Gasteiger charge is -2.23. The Balaban J connectivity index is 1.54. The number of rotatable bonds is 5. The standard InChI is InChI=1S/C16H19FN2O2S/c1-12-15(22-11-18-12)8-19-7-6-16(20,9-19)10-21-14-4-2-13(17)3-5-14/h2-5,11,20H,6-10H2,1H3. The Hall–Kier alpha value is -1.50. The molecule has 1 unspecified atom stereocenters. The van der Waals surface area contributed by atoms with Gasteiger partial charge in [0.25, 0.3) is 0 Å². The number of likely N-dealkylation sites (tertiary alicyclic amines) is 1. The van der Waals surface area contributed by atoms with Crippen LogP contribution in [-0.4, -0.2) is 40.3 Å². The van der Waals surface area contributed by atoms with Crippen LogP contribution < -0.4 is 4.74 Å². The van der Waals surface area contributed by atoms with Crippen molar-refractivity contribution in [1.82, 2.24) is 9.88 Å². The number of thiazole rings is 1. The number of β-amino-alcohol motifs (C(OH)–C–C–N with tert-alkyl or cyclic N) is 1. The van der Waals surface area contributed by atoms with Crippen LogP contribution in [0, 0.1) is 12.7 Å². The minimum absolute atomic E-state index is 0.219. The third kappa shape index (κ3) is 3.63. The fourth-order valence-electron chi connectivity index (χ4n) is 2.62. The highest BCUT2D eigenvalue weighted by molar-refractivity contribution is 7.09. The molecule has 2 aromatic rings. The number of aromatic nitrogens is 1. The maximum Gasteiger partial charge on any atom is 0.123 e. The van der Waals surface area contributed by atoms with Gasteiger partial charge in [0.15, 0.2) is 0 Å². The summed E-state index contributed by atoms with van der Waals surface area (Å²) in [4.78, 5) is 7.71. The Labute approximate surface area is 133 Å². The van der Waals surface area contributed by atoms with Crippen molar-refractivity contribution in [3.8, 4) is 5.75 Å². The number of aliphatic hydroxyl groups is 1. The molecular formula is C16H19FN2O2S. The van der Waals surface area contributed by atoms with Crippen LogP contribution in [0.5, 0.6) is 5.75 Å². The number of hydrogen-bond donors (Lipinski definition) is 1. The molecule has 0 saturated carbocycles. The maximum atomic E-state index is 12.9. The molecule has 0 radical (unpaired) electrons. The van der Waals surface area contributed by atoms with E-state index < -0.39 is 5.60 Å². The first kappa shape index (κ1) is 15.4. The van der Waals surface area contributed by atoms with Crippen molar-refractivity contribution < 1.29 is 14.2 Å². The topological polar surface area (TPSA) is 45.6 Å². The van der Waals surface area contributed by atoms with Crippen LogP contribution in [0.1, 0.15) is 17.0 Å².